The quantitative estimate of drug-likeness (QED) is 0.243. The molecule has 0 spiro atoms. The van der Waals surface area contributed by atoms with Crippen LogP contribution in [0.1, 0.15) is 22.3 Å². The summed E-state index contributed by atoms with van der Waals surface area (Å²) in [6.45, 7) is 0. The monoisotopic (exact) mass is 446 g/mol. The highest BCUT2D eigenvalue weighted by molar-refractivity contribution is 6.15. The molecular weight excluding hydrogens is 428 g/mol. The number of hydrogen-bond acceptors (Lipinski definition) is 3. The molecule has 3 aromatic carbocycles. The molecule has 0 unspecified atom stereocenters. The van der Waals surface area contributed by atoms with Gasteiger partial charge in [-0.1, -0.05) is 36.4 Å². The fourth-order valence-corrected chi connectivity index (χ4v) is 6.53. The predicted molar refractivity (Wildman–Crippen MR) is 140 cm³/mol. The van der Waals surface area contributed by atoms with E-state index in [9.17, 15) is 0 Å². The normalized spacial score (nSPS) is 13.5. The van der Waals surface area contributed by atoms with E-state index in [4.69, 9.17) is 4.98 Å². The number of fused-ring (bicyclic) bond motifs is 15. The Labute approximate surface area is 200 Å². The first-order chi connectivity index (χ1) is 17.3. The van der Waals surface area contributed by atoms with Crippen molar-refractivity contribution in [3.05, 3.63) is 108 Å². The average molecular weight is 447 g/mol. The van der Waals surface area contributed by atoms with Crippen LogP contribution in [0.25, 0.3) is 60.6 Å². The van der Waals surface area contributed by atoms with Crippen molar-refractivity contribution >= 4 is 38.4 Å². The summed E-state index contributed by atoms with van der Waals surface area (Å²) in [6, 6.07) is 22.4. The van der Waals surface area contributed by atoms with Crippen LogP contribution in [-0.4, -0.2) is 19.4 Å². The number of nitrogens with zero attached hydrogens (tertiary/aromatic N) is 4. The van der Waals surface area contributed by atoms with Crippen molar-refractivity contribution in [3.63, 3.8) is 0 Å². The van der Waals surface area contributed by atoms with Gasteiger partial charge in [0.2, 0.25) is 0 Å². The molecular formula is C31H18N4. The zero-order chi connectivity index (χ0) is 22.7. The standard InChI is InChI=1S/C31H18N4/c1-2-4-20-17(3-1)12-24-21(20)6-5-18-11-19-13-25-23(14-22(19)30(18)24)26-15-32-9-7-28(26)35-29-8-10-33-16-27(29)34-31(25)35/h1-10,13-16H,11-12H2. The van der Waals surface area contributed by atoms with Crippen LogP contribution in [0.15, 0.2) is 85.5 Å². The second-order valence-corrected chi connectivity index (χ2v) is 9.72. The van der Waals surface area contributed by atoms with E-state index in [1.807, 2.05) is 30.9 Å². The average Bonchev–Trinajstić information content (AvgIpc) is 3.58. The summed E-state index contributed by atoms with van der Waals surface area (Å²) in [5, 5.41) is 3.54. The van der Waals surface area contributed by atoms with Gasteiger partial charge in [0.1, 0.15) is 11.2 Å². The van der Waals surface area contributed by atoms with Gasteiger partial charge in [0.05, 0.1) is 17.2 Å². The van der Waals surface area contributed by atoms with Crippen LogP contribution < -0.4 is 0 Å². The van der Waals surface area contributed by atoms with Crippen LogP contribution >= 0.6 is 0 Å². The number of rotatable bonds is 0. The summed E-state index contributed by atoms with van der Waals surface area (Å²) in [7, 11) is 0. The van der Waals surface area contributed by atoms with Gasteiger partial charge >= 0.3 is 0 Å². The molecule has 0 amide bonds. The molecule has 0 saturated carbocycles. The molecule has 0 aliphatic heterocycles. The molecule has 2 aliphatic rings. The summed E-state index contributed by atoms with van der Waals surface area (Å²) in [6.07, 6.45) is 9.53. The molecule has 4 aromatic heterocycles. The Kier molecular flexibility index (Phi) is 3.11. The third-order valence-corrected chi connectivity index (χ3v) is 7.99. The second-order valence-electron chi connectivity index (χ2n) is 9.72. The Morgan fingerprint density at radius 3 is 2.49 bits per heavy atom. The molecule has 0 radical (unpaired) electrons. The van der Waals surface area contributed by atoms with E-state index in [1.165, 1.54) is 55.3 Å². The molecule has 7 aromatic rings. The zero-order valence-corrected chi connectivity index (χ0v) is 18.8. The molecule has 4 heterocycles. The molecule has 0 atom stereocenters. The summed E-state index contributed by atoms with van der Waals surface area (Å²) in [5.74, 6) is 0. The molecule has 0 saturated heterocycles. The van der Waals surface area contributed by atoms with Crippen LogP contribution in [-0.2, 0) is 12.8 Å². The molecule has 2 aliphatic carbocycles. The van der Waals surface area contributed by atoms with Crippen molar-refractivity contribution in [1.29, 1.82) is 0 Å². The van der Waals surface area contributed by atoms with Crippen molar-refractivity contribution < 1.29 is 0 Å². The Morgan fingerprint density at radius 2 is 1.51 bits per heavy atom. The van der Waals surface area contributed by atoms with Crippen molar-refractivity contribution in [2.75, 3.05) is 0 Å². The van der Waals surface area contributed by atoms with E-state index >= 15 is 0 Å². The minimum atomic E-state index is 0.914. The number of benzene rings is 3. The SMILES string of the molecule is c1ccc2c(c1)Cc1c-2ccc2c1-c1cc3c4cnccc4n4c5ccncc5nc4c3cc1C2. The van der Waals surface area contributed by atoms with Crippen LogP contribution in [0.5, 0.6) is 0 Å². The van der Waals surface area contributed by atoms with Crippen molar-refractivity contribution in [1.82, 2.24) is 19.4 Å². The van der Waals surface area contributed by atoms with Gasteiger partial charge < -0.3 is 0 Å². The maximum Gasteiger partial charge on any atom is 0.146 e. The van der Waals surface area contributed by atoms with E-state index in [0.29, 0.717) is 0 Å². The van der Waals surface area contributed by atoms with Crippen LogP contribution in [0, 0.1) is 0 Å². The molecule has 0 bridgehead atoms. The Bertz CT molecular complexity index is 2070. The third-order valence-electron chi connectivity index (χ3n) is 7.99. The molecule has 0 N–H and O–H groups in total. The smallest absolute Gasteiger partial charge is 0.146 e. The van der Waals surface area contributed by atoms with Gasteiger partial charge in [-0.25, -0.2) is 4.98 Å². The minimum Gasteiger partial charge on any atom is -0.291 e. The van der Waals surface area contributed by atoms with E-state index in [-0.39, 0.29) is 0 Å². The topological polar surface area (TPSA) is 43.1 Å². The highest BCUT2D eigenvalue weighted by Crippen LogP contribution is 2.49. The van der Waals surface area contributed by atoms with Gasteiger partial charge in [-0.3, -0.25) is 14.4 Å². The fraction of sp³-hybridized carbons (Fsp3) is 0.0645. The minimum absolute atomic E-state index is 0.914. The van der Waals surface area contributed by atoms with Crippen LogP contribution in [0.2, 0.25) is 0 Å². The lowest BCUT2D eigenvalue weighted by Gasteiger charge is -2.12. The highest BCUT2D eigenvalue weighted by Gasteiger charge is 2.29. The zero-order valence-electron chi connectivity index (χ0n) is 18.8. The Balaban J connectivity index is 1.41. The Hall–Kier alpha value is -4.57. The molecule has 9 rings (SSSR count). The molecule has 35 heavy (non-hydrogen) atoms. The lowest BCUT2D eigenvalue weighted by atomic mass is 9.93. The summed E-state index contributed by atoms with van der Waals surface area (Å²) < 4.78 is 2.26. The first-order valence-corrected chi connectivity index (χ1v) is 12.0. The van der Waals surface area contributed by atoms with E-state index in [2.05, 4.69) is 69.0 Å². The third kappa shape index (κ3) is 2.15. The number of hydrogen-bond donors (Lipinski definition) is 0. The first kappa shape index (κ1) is 17.8. The fourth-order valence-electron chi connectivity index (χ4n) is 6.53. The molecule has 162 valence electrons. The van der Waals surface area contributed by atoms with E-state index in [1.54, 1.807) is 0 Å². The van der Waals surface area contributed by atoms with Crippen LogP contribution in [0.3, 0.4) is 0 Å². The van der Waals surface area contributed by atoms with Gasteiger partial charge in [-0.15, -0.1) is 0 Å². The molecule has 4 heteroatoms. The predicted octanol–water partition coefficient (Wildman–Crippen LogP) is 6.73. The maximum atomic E-state index is 5.03. The molecule has 4 nitrogen and oxygen atoms in total. The van der Waals surface area contributed by atoms with E-state index < -0.39 is 0 Å². The summed E-state index contributed by atoms with van der Waals surface area (Å²) >= 11 is 0. The van der Waals surface area contributed by atoms with Crippen molar-refractivity contribution in [2.45, 2.75) is 12.8 Å². The number of pyridine rings is 3. The lowest BCUT2D eigenvalue weighted by Crippen LogP contribution is -1.94. The van der Waals surface area contributed by atoms with Crippen LogP contribution in [0.4, 0.5) is 0 Å². The van der Waals surface area contributed by atoms with Gasteiger partial charge in [0, 0.05) is 29.4 Å². The Morgan fingerprint density at radius 1 is 0.629 bits per heavy atom. The summed E-state index contributed by atoms with van der Waals surface area (Å²) in [4.78, 5) is 13.9. The number of aromatic nitrogens is 4. The van der Waals surface area contributed by atoms with Gasteiger partial charge in [0.25, 0.3) is 0 Å². The maximum absolute atomic E-state index is 5.03. The second kappa shape index (κ2) is 6.10. The van der Waals surface area contributed by atoms with Crippen molar-refractivity contribution in [2.24, 2.45) is 0 Å². The van der Waals surface area contributed by atoms with Gasteiger partial charge in [-0.2, -0.15) is 0 Å². The lowest BCUT2D eigenvalue weighted by molar-refractivity contribution is 1.23. The van der Waals surface area contributed by atoms with Gasteiger partial charge in [0.15, 0.2) is 0 Å². The number of imidazole rings is 1. The summed E-state index contributed by atoms with van der Waals surface area (Å²) in [5.41, 5.74) is 15.4. The van der Waals surface area contributed by atoms with Crippen molar-refractivity contribution in [3.8, 4) is 22.3 Å². The first-order valence-electron chi connectivity index (χ1n) is 12.0. The molecule has 0 fully saturated rings. The largest absolute Gasteiger partial charge is 0.291 e. The highest BCUT2D eigenvalue weighted by atomic mass is 15.0. The van der Waals surface area contributed by atoms with Gasteiger partial charge in [-0.05, 0) is 87.0 Å². The van der Waals surface area contributed by atoms with E-state index in [0.717, 1.165) is 40.4 Å².